The Labute approximate surface area is 186 Å². The van der Waals surface area contributed by atoms with Gasteiger partial charge in [-0.1, -0.05) is 12.1 Å². The number of nitrogens with one attached hydrogen (secondary N) is 2. The molecule has 1 saturated heterocycles. The Hall–Kier alpha value is -1.99. The molecule has 0 bridgehead atoms. The van der Waals surface area contributed by atoms with Crippen molar-refractivity contribution < 1.29 is 12.8 Å². The Morgan fingerprint density at radius 3 is 2.86 bits per heavy atom. The largest absolute Gasteiger partial charge is 0.352 e. The van der Waals surface area contributed by atoms with Gasteiger partial charge in [0, 0.05) is 38.9 Å². The Morgan fingerprint density at radius 2 is 2.17 bits per heavy atom. The molecular formula is C18H24FIN6O2S. The summed E-state index contributed by atoms with van der Waals surface area (Å²) in [6, 6.07) is 9.48. The second kappa shape index (κ2) is 10.2. The summed E-state index contributed by atoms with van der Waals surface area (Å²) >= 11 is 0. The van der Waals surface area contributed by atoms with Gasteiger partial charge >= 0.3 is 0 Å². The maximum atomic E-state index is 13.9. The van der Waals surface area contributed by atoms with Crippen LogP contribution in [-0.2, 0) is 16.6 Å². The number of hydrogen-bond acceptors (Lipinski definition) is 5. The lowest BCUT2D eigenvalue weighted by atomic mass is 10.2. The zero-order valence-corrected chi connectivity index (χ0v) is 19.0. The maximum Gasteiger partial charge on any atom is 0.238 e. The summed E-state index contributed by atoms with van der Waals surface area (Å²) in [5.74, 6) is 0.601. The summed E-state index contributed by atoms with van der Waals surface area (Å²) in [4.78, 5) is 10.3. The number of aliphatic imine (C=N–C) groups is 1. The van der Waals surface area contributed by atoms with Crippen molar-refractivity contribution in [2.45, 2.75) is 23.9 Å². The van der Waals surface area contributed by atoms with Gasteiger partial charge in [-0.2, -0.15) is 0 Å². The minimum Gasteiger partial charge on any atom is -0.352 e. The number of guanidine groups is 1. The summed E-state index contributed by atoms with van der Waals surface area (Å²) in [6.45, 7) is 1.68. The Bertz CT molecular complexity index is 972. The van der Waals surface area contributed by atoms with Crippen LogP contribution in [0.15, 0.2) is 52.5 Å². The molecule has 11 heteroatoms. The zero-order chi connectivity index (χ0) is 20.1. The molecule has 8 nitrogen and oxygen atoms in total. The molecule has 1 fully saturated rings. The Morgan fingerprint density at radius 1 is 1.38 bits per heavy atom. The molecule has 1 aliphatic rings. The molecule has 1 aliphatic heterocycles. The summed E-state index contributed by atoms with van der Waals surface area (Å²) in [6.07, 6.45) is 2.40. The normalized spacial score (nSPS) is 17.0. The SMILES string of the molecule is CN=C(NCc1cccc(S(N)(=O)=O)c1)NC1CCN(c2ncccc2F)C1.I. The van der Waals surface area contributed by atoms with Gasteiger partial charge in [-0.25, -0.2) is 22.9 Å². The minimum atomic E-state index is -3.74. The number of anilines is 1. The van der Waals surface area contributed by atoms with Gasteiger partial charge in [-0.3, -0.25) is 4.99 Å². The molecule has 0 amide bonds. The molecule has 3 rings (SSSR count). The van der Waals surface area contributed by atoms with E-state index in [-0.39, 0.29) is 40.7 Å². The predicted octanol–water partition coefficient (Wildman–Crippen LogP) is 1.43. The highest BCUT2D eigenvalue weighted by Gasteiger charge is 2.25. The third kappa shape index (κ3) is 6.24. The summed E-state index contributed by atoms with van der Waals surface area (Å²) in [5.41, 5.74) is 0.762. The molecule has 29 heavy (non-hydrogen) atoms. The van der Waals surface area contributed by atoms with Gasteiger partial charge in [0.05, 0.1) is 4.90 Å². The van der Waals surface area contributed by atoms with E-state index < -0.39 is 10.0 Å². The topological polar surface area (TPSA) is 113 Å². The molecule has 0 radical (unpaired) electrons. The quantitative estimate of drug-likeness (QED) is 0.304. The van der Waals surface area contributed by atoms with Gasteiger partial charge in [-0.05, 0) is 36.2 Å². The molecule has 0 saturated carbocycles. The van der Waals surface area contributed by atoms with Crippen LogP contribution in [0.3, 0.4) is 0 Å². The fraction of sp³-hybridized carbons (Fsp3) is 0.333. The van der Waals surface area contributed by atoms with E-state index in [2.05, 4.69) is 20.6 Å². The van der Waals surface area contributed by atoms with E-state index in [0.717, 1.165) is 12.0 Å². The number of hydrogen-bond donors (Lipinski definition) is 3. The number of aromatic nitrogens is 1. The van der Waals surface area contributed by atoms with Crippen molar-refractivity contribution in [2.75, 3.05) is 25.0 Å². The van der Waals surface area contributed by atoms with Crippen LogP contribution in [0.4, 0.5) is 10.2 Å². The number of pyridine rings is 1. The standard InChI is InChI=1S/C18H23FN6O2S.HI/c1-21-18(23-11-13-4-2-5-15(10-13)28(20,26)27)24-14-7-9-25(12-14)17-16(19)6-3-8-22-17;/h2-6,8,10,14H,7,9,11-12H2,1H3,(H2,20,26,27)(H2,21,23,24);1H. The molecule has 2 heterocycles. The lowest BCUT2D eigenvalue weighted by molar-refractivity contribution is 0.597. The van der Waals surface area contributed by atoms with Crippen LogP contribution in [-0.4, -0.2) is 45.5 Å². The highest BCUT2D eigenvalue weighted by Crippen LogP contribution is 2.20. The van der Waals surface area contributed by atoms with E-state index in [9.17, 15) is 12.8 Å². The molecular weight excluding hydrogens is 510 g/mol. The van der Waals surface area contributed by atoms with Crippen LogP contribution in [0.1, 0.15) is 12.0 Å². The molecule has 1 atom stereocenters. The van der Waals surface area contributed by atoms with Crippen molar-refractivity contribution in [3.8, 4) is 0 Å². The highest BCUT2D eigenvalue weighted by atomic mass is 127. The first-order chi connectivity index (χ1) is 13.4. The molecule has 158 valence electrons. The molecule has 0 spiro atoms. The van der Waals surface area contributed by atoms with Crippen molar-refractivity contribution in [2.24, 2.45) is 10.1 Å². The average Bonchev–Trinajstić information content (AvgIpc) is 3.13. The fourth-order valence-electron chi connectivity index (χ4n) is 3.09. The van der Waals surface area contributed by atoms with Crippen LogP contribution in [0.2, 0.25) is 0 Å². The second-order valence-electron chi connectivity index (χ2n) is 6.50. The number of nitrogens with zero attached hydrogens (tertiary/aromatic N) is 3. The lowest BCUT2D eigenvalue weighted by Gasteiger charge is -2.20. The third-order valence-corrected chi connectivity index (χ3v) is 5.39. The minimum absolute atomic E-state index is 0. The molecule has 1 unspecified atom stereocenters. The number of halogens is 2. The smallest absolute Gasteiger partial charge is 0.238 e. The van der Waals surface area contributed by atoms with E-state index in [1.54, 1.807) is 31.4 Å². The third-order valence-electron chi connectivity index (χ3n) is 4.48. The van der Waals surface area contributed by atoms with Crippen LogP contribution < -0.4 is 20.7 Å². The number of sulfonamides is 1. The van der Waals surface area contributed by atoms with Crippen molar-refractivity contribution >= 4 is 45.8 Å². The van der Waals surface area contributed by atoms with Crippen molar-refractivity contribution in [3.05, 3.63) is 54.0 Å². The van der Waals surface area contributed by atoms with Gasteiger partial charge in [0.25, 0.3) is 0 Å². The first-order valence-electron chi connectivity index (χ1n) is 8.81. The van der Waals surface area contributed by atoms with Crippen LogP contribution in [0.5, 0.6) is 0 Å². The molecule has 4 N–H and O–H groups in total. The van der Waals surface area contributed by atoms with Gasteiger partial charge in [0.1, 0.15) is 0 Å². The first-order valence-corrected chi connectivity index (χ1v) is 10.4. The first kappa shape index (κ1) is 23.3. The van der Waals surface area contributed by atoms with Crippen molar-refractivity contribution in [1.82, 2.24) is 15.6 Å². The highest BCUT2D eigenvalue weighted by molar-refractivity contribution is 14.0. The number of benzene rings is 1. The summed E-state index contributed by atoms with van der Waals surface area (Å²) < 4.78 is 36.8. The second-order valence-corrected chi connectivity index (χ2v) is 8.06. The van der Waals surface area contributed by atoms with Crippen LogP contribution >= 0.6 is 24.0 Å². The lowest BCUT2D eigenvalue weighted by Crippen LogP contribution is -2.44. The van der Waals surface area contributed by atoms with Gasteiger partial charge in [0.2, 0.25) is 10.0 Å². The Balaban J connectivity index is 0.00000300. The van der Waals surface area contributed by atoms with E-state index in [4.69, 9.17) is 5.14 Å². The molecule has 1 aromatic carbocycles. The molecule has 0 aliphatic carbocycles. The maximum absolute atomic E-state index is 13.9. The molecule has 1 aromatic heterocycles. The monoisotopic (exact) mass is 534 g/mol. The van der Waals surface area contributed by atoms with Crippen LogP contribution in [0, 0.1) is 5.82 Å². The molecule has 2 aromatic rings. The van der Waals surface area contributed by atoms with E-state index >= 15 is 0 Å². The Kier molecular flexibility index (Phi) is 8.16. The van der Waals surface area contributed by atoms with Gasteiger partial charge in [-0.15, -0.1) is 24.0 Å². The van der Waals surface area contributed by atoms with Crippen molar-refractivity contribution in [1.29, 1.82) is 0 Å². The van der Waals surface area contributed by atoms with E-state index in [1.165, 1.54) is 18.2 Å². The predicted molar refractivity (Wildman–Crippen MR) is 121 cm³/mol. The van der Waals surface area contributed by atoms with E-state index in [0.29, 0.717) is 31.4 Å². The van der Waals surface area contributed by atoms with Gasteiger partial charge in [0.15, 0.2) is 17.6 Å². The van der Waals surface area contributed by atoms with Crippen LogP contribution in [0.25, 0.3) is 0 Å². The van der Waals surface area contributed by atoms with E-state index in [1.807, 2.05) is 4.90 Å². The van der Waals surface area contributed by atoms with Crippen molar-refractivity contribution in [3.63, 3.8) is 0 Å². The summed E-state index contributed by atoms with van der Waals surface area (Å²) in [5, 5.41) is 11.6. The zero-order valence-electron chi connectivity index (χ0n) is 15.9. The number of rotatable bonds is 5. The number of nitrogens with two attached hydrogens (primary N) is 1. The average molecular weight is 534 g/mol. The number of primary sulfonamides is 1. The summed E-state index contributed by atoms with van der Waals surface area (Å²) in [7, 11) is -2.09. The van der Waals surface area contributed by atoms with Gasteiger partial charge < -0.3 is 15.5 Å². The fourth-order valence-corrected chi connectivity index (χ4v) is 3.67.